The van der Waals surface area contributed by atoms with Gasteiger partial charge in [-0.2, -0.15) is 5.10 Å². The second kappa shape index (κ2) is 10.9. The Morgan fingerprint density at radius 2 is 1.73 bits per heavy atom. The maximum absolute atomic E-state index is 12.6. The van der Waals surface area contributed by atoms with Crippen LogP contribution in [0.2, 0.25) is 0 Å². The van der Waals surface area contributed by atoms with Gasteiger partial charge in [-0.3, -0.25) is 14.7 Å². The summed E-state index contributed by atoms with van der Waals surface area (Å²) in [5, 5.41) is 13.1. The number of oxazole rings is 1. The van der Waals surface area contributed by atoms with Crippen LogP contribution < -0.4 is 10.6 Å². The second-order valence-corrected chi connectivity index (χ2v) is 8.50. The van der Waals surface area contributed by atoms with Crippen molar-refractivity contribution in [3.8, 4) is 22.7 Å². The van der Waals surface area contributed by atoms with E-state index in [4.69, 9.17) is 4.42 Å². The number of benzene rings is 1. The first-order valence-corrected chi connectivity index (χ1v) is 11.6. The van der Waals surface area contributed by atoms with Crippen LogP contribution >= 0.6 is 0 Å². The Bertz CT molecular complexity index is 1080. The molecule has 0 fully saturated rings. The van der Waals surface area contributed by atoms with E-state index in [2.05, 4.69) is 46.6 Å². The molecule has 0 bridgehead atoms. The highest BCUT2D eigenvalue weighted by atomic mass is 16.4. The standard InChI is InChI=1S/C25H33N5O3/c1-6-18(7-2)27-24(32)22-14-26-25(33-22)17-11-9-10-16(12-17)20-13-21(30-29-20)23(31)28-19(8-3)15(4)5/h9-15,18-19H,6-8H2,1-5H3,(H,27,32)(H,28,31)(H,29,30). The van der Waals surface area contributed by atoms with Gasteiger partial charge in [0.25, 0.3) is 11.8 Å². The summed E-state index contributed by atoms with van der Waals surface area (Å²) in [6.45, 7) is 10.3. The third kappa shape index (κ3) is 5.88. The van der Waals surface area contributed by atoms with Crippen LogP contribution in [0, 0.1) is 5.92 Å². The Balaban J connectivity index is 1.75. The van der Waals surface area contributed by atoms with E-state index in [1.165, 1.54) is 6.20 Å². The number of amides is 2. The van der Waals surface area contributed by atoms with Crippen LogP contribution in [0.15, 0.2) is 40.9 Å². The molecule has 8 heteroatoms. The highest BCUT2D eigenvalue weighted by molar-refractivity contribution is 5.93. The lowest BCUT2D eigenvalue weighted by atomic mass is 10.0. The fraction of sp³-hybridized carbons (Fsp3) is 0.440. The van der Waals surface area contributed by atoms with Gasteiger partial charge in [0.15, 0.2) is 5.69 Å². The van der Waals surface area contributed by atoms with Gasteiger partial charge < -0.3 is 15.1 Å². The van der Waals surface area contributed by atoms with Crippen LogP contribution in [0.1, 0.15) is 74.9 Å². The maximum atomic E-state index is 12.6. The summed E-state index contributed by atoms with van der Waals surface area (Å²) < 4.78 is 5.72. The van der Waals surface area contributed by atoms with E-state index in [-0.39, 0.29) is 29.7 Å². The molecule has 3 aromatic rings. The van der Waals surface area contributed by atoms with Gasteiger partial charge >= 0.3 is 0 Å². The van der Waals surface area contributed by atoms with Gasteiger partial charge in [0.05, 0.1) is 11.9 Å². The van der Waals surface area contributed by atoms with E-state index in [1.54, 1.807) is 6.07 Å². The number of H-pyrrole nitrogens is 1. The van der Waals surface area contributed by atoms with Crippen molar-refractivity contribution in [3.63, 3.8) is 0 Å². The summed E-state index contributed by atoms with van der Waals surface area (Å²) in [7, 11) is 0. The largest absolute Gasteiger partial charge is 0.431 e. The molecule has 0 aliphatic rings. The number of rotatable bonds is 10. The number of nitrogens with zero attached hydrogens (tertiary/aromatic N) is 2. The molecule has 8 nitrogen and oxygen atoms in total. The molecule has 3 N–H and O–H groups in total. The summed E-state index contributed by atoms with van der Waals surface area (Å²) in [5.41, 5.74) is 2.60. The molecule has 0 radical (unpaired) electrons. The summed E-state index contributed by atoms with van der Waals surface area (Å²) in [4.78, 5) is 29.3. The molecule has 3 rings (SSSR count). The summed E-state index contributed by atoms with van der Waals surface area (Å²) >= 11 is 0. The highest BCUT2D eigenvalue weighted by Crippen LogP contribution is 2.26. The summed E-state index contributed by atoms with van der Waals surface area (Å²) in [6, 6.07) is 9.45. The number of nitrogens with one attached hydrogen (secondary N) is 3. The monoisotopic (exact) mass is 451 g/mol. The lowest BCUT2D eigenvalue weighted by Crippen LogP contribution is -2.38. The van der Waals surface area contributed by atoms with E-state index < -0.39 is 0 Å². The van der Waals surface area contributed by atoms with Crippen molar-refractivity contribution in [2.45, 2.75) is 66.0 Å². The number of aromatic amines is 1. The maximum Gasteiger partial charge on any atom is 0.288 e. The molecule has 1 unspecified atom stereocenters. The molecule has 2 amide bonds. The minimum Gasteiger partial charge on any atom is -0.431 e. The molecule has 2 heterocycles. The van der Waals surface area contributed by atoms with Gasteiger partial charge in [-0.05, 0) is 43.4 Å². The van der Waals surface area contributed by atoms with Gasteiger partial charge in [-0.15, -0.1) is 0 Å². The molecule has 2 aromatic heterocycles. The molecule has 1 aromatic carbocycles. The van der Waals surface area contributed by atoms with E-state index in [1.807, 2.05) is 38.1 Å². The first-order valence-electron chi connectivity index (χ1n) is 11.6. The zero-order valence-electron chi connectivity index (χ0n) is 19.9. The first-order chi connectivity index (χ1) is 15.9. The minimum absolute atomic E-state index is 0.0994. The number of carbonyl (C=O) groups excluding carboxylic acids is 2. The van der Waals surface area contributed by atoms with Crippen molar-refractivity contribution < 1.29 is 14.0 Å². The number of hydrogen-bond acceptors (Lipinski definition) is 5. The Hall–Kier alpha value is -3.42. The van der Waals surface area contributed by atoms with Crippen LogP contribution in [-0.4, -0.2) is 39.1 Å². The number of hydrogen-bond donors (Lipinski definition) is 3. The molecule has 33 heavy (non-hydrogen) atoms. The molecular weight excluding hydrogens is 418 g/mol. The minimum atomic E-state index is -0.269. The third-order valence-corrected chi connectivity index (χ3v) is 5.84. The quantitative estimate of drug-likeness (QED) is 0.409. The average molecular weight is 452 g/mol. The lowest BCUT2D eigenvalue weighted by molar-refractivity contribution is 0.0904. The molecule has 176 valence electrons. The topological polar surface area (TPSA) is 113 Å². The predicted molar refractivity (Wildman–Crippen MR) is 128 cm³/mol. The molecule has 0 saturated carbocycles. The number of carbonyl (C=O) groups is 2. The summed E-state index contributed by atoms with van der Waals surface area (Å²) in [6.07, 6.45) is 4.01. The third-order valence-electron chi connectivity index (χ3n) is 5.84. The van der Waals surface area contributed by atoms with E-state index in [0.29, 0.717) is 23.2 Å². The highest BCUT2D eigenvalue weighted by Gasteiger charge is 2.19. The fourth-order valence-electron chi connectivity index (χ4n) is 3.65. The van der Waals surface area contributed by atoms with Crippen LogP contribution in [0.5, 0.6) is 0 Å². The Kier molecular flexibility index (Phi) is 8.03. The molecule has 0 aliphatic carbocycles. The van der Waals surface area contributed by atoms with Crippen LogP contribution in [0.25, 0.3) is 22.7 Å². The van der Waals surface area contributed by atoms with Gasteiger partial charge in [0.1, 0.15) is 0 Å². The fourth-order valence-corrected chi connectivity index (χ4v) is 3.65. The molecular formula is C25H33N5O3. The Morgan fingerprint density at radius 1 is 1.00 bits per heavy atom. The number of aromatic nitrogens is 3. The van der Waals surface area contributed by atoms with Gasteiger partial charge in [0.2, 0.25) is 11.7 Å². The average Bonchev–Trinajstić information content (AvgIpc) is 3.51. The molecule has 0 spiro atoms. The molecule has 0 aliphatic heterocycles. The van der Waals surface area contributed by atoms with Crippen molar-refractivity contribution in [2.75, 3.05) is 0 Å². The normalized spacial score (nSPS) is 12.2. The Labute approximate surface area is 194 Å². The first kappa shape index (κ1) is 24.2. The van der Waals surface area contributed by atoms with E-state index in [0.717, 1.165) is 30.4 Å². The van der Waals surface area contributed by atoms with Crippen LogP contribution in [0.3, 0.4) is 0 Å². The molecule has 1 atom stereocenters. The van der Waals surface area contributed by atoms with Gasteiger partial charge in [-0.25, -0.2) is 4.98 Å². The Morgan fingerprint density at radius 3 is 2.39 bits per heavy atom. The molecule has 0 saturated heterocycles. The summed E-state index contributed by atoms with van der Waals surface area (Å²) in [5.74, 6) is 0.409. The lowest BCUT2D eigenvalue weighted by Gasteiger charge is -2.19. The van der Waals surface area contributed by atoms with Crippen molar-refractivity contribution in [3.05, 3.63) is 48.0 Å². The zero-order valence-corrected chi connectivity index (χ0v) is 19.9. The predicted octanol–water partition coefficient (Wildman–Crippen LogP) is 4.81. The second-order valence-electron chi connectivity index (χ2n) is 8.50. The van der Waals surface area contributed by atoms with Crippen LogP contribution in [-0.2, 0) is 0 Å². The van der Waals surface area contributed by atoms with Gasteiger partial charge in [0, 0.05) is 23.2 Å². The van der Waals surface area contributed by atoms with Crippen molar-refractivity contribution in [1.29, 1.82) is 0 Å². The SMILES string of the molecule is CCC(CC)NC(=O)c1cnc(-c2cccc(-c3cc(C(=O)NC(CC)C(C)C)n[nH]3)c2)o1. The van der Waals surface area contributed by atoms with E-state index >= 15 is 0 Å². The zero-order chi connectivity index (χ0) is 24.0. The van der Waals surface area contributed by atoms with Crippen molar-refractivity contribution in [1.82, 2.24) is 25.8 Å². The van der Waals surface area contributed by atoms with E-state index in [9.17, 15) is 9.59 Å². The van der Waals surface area contributed by atoms with Crippen LogP contribution in [0.4, 0.5) is 0 Å². The smallest absolute Gasteiger partial charge is 0.288 e. The van der Waals surface area contributed by atoms with Crippen molar-refractivity contribution in [2.24, 2.45) is 5.92 Å². The van der Waals surface area contributed by atoms with Crippen molar-refractivity contribution >= 4 is 11.8 Å². The van der Waals surface area contributed by atoms with Gasteiger partial charge in [-0.1, -0.05) is 46.8 Å².